The van der Waals surface area contributed by atoms with Crippen LogP contribution < -0.4 is 0 Å². The lowest BCUT2D eigenvalue weighted by Crippen LogP contribution is -2.27. The van der Waals surface area contributed by atoms with E-state index in [1.165, 1.54) is 5.57 Å². The first-order valence-electron chi connectivity index (χ1n) is 4.43. The fraction of sp³-hybridized carbons (Fsp3) is 0.364. The monoisotopic (exact) mass is 172 g/mol. The molecule has 0 saturated heterocycles. The van der Waals surface area contributed by atoms with E-state index in [1.54, 1.807) is 0 Å². The molecule has 66 valence electrons. The Bertz CT molecular complexity index is 355. The smallest absolute Gasteiger partial charge is 0.0969 e. The van der Waals surface area contributed by atoms with E-state index in [0.717, 1.165) is 5.57 Å². The summed E-state index contributed by atoms with van der Waals surface area (Å²) in [6.07, 6.45) is 8.39. The van der Waals surface area contributed by atoms with Gasteiger partial charge in [0.1, 0.15) is 0 Å². The van der Waals surface area contributed by atoms with Gasteiger partial charge in [0.15, 0.2) is 0 Å². The van der Waals surface area contributed by atoms with Crippen LogP contribution in [0.1, 0.15) is 6.92 Å². The molecule has 1 heterocycles. The summed E-state index contributed by atoms with van der Waals surface area (Å²) >= 11 is 0. The highest BCUT2D eigenvalue weighted by molar-refractivity contribution is 5.41. The van der Waals surface area contributed by atoms with Gasteiger partial charge in [-0.1, -0.05) is 23.8 Å². The number of nitriles is 1. The molecule has 0 amide bonds. The first-order chi connectivity index (χ1) is 6.22. The summed E-state index contributed by atoms with van der Waals surface area (Å²) in [7, 11) is 2.01. The highest BCUT2D eigenvalue weighted by Gasteiger charge is 2.31. The Kier molecular flexibility index (Phi) is 1.73. The lowest BCUT2D eigenvalue weighted by atomic mass is 9.89. The summed E-state index contributed by atoms with van der Waals surface area (Å²) in [5, 5.41) is 8.91. The number of likely N-dealkylation sites (N-methyl/N-ethyl adjacent to an activating group) is 1. The molecular formula is C11H12N2. The fourth-order valence-corrected chi connectivity index (χ4v) is 1.97. The SMILES string of the molecule is CC1=CC2C(C#N)=CN(C)C2C=C1. The highest BCUT2D eigenvalue weighted by atomic mass is 15.1. The van der Waals surface area contributed by atoms with Crippen LogP contribution in [0.3, 0.4) is 0 Å². The van der Waals surface area contributed by atoms with Crippen LogP contribution >= 0.6 is 0 Å². The Balaban J connectivity index is 2.36. The third-order valence-corrected chi connectivity index (χ3v) is 2.67. The average Bonchev–Trinajstić information content (AvgIpc) is 2.42. The summed E-state index contributed by atoms with van der Waals surface area (Å²) in [6.45, 7) is 2.07. The summed E-state index contributed by atoms with van der Waals surface area (Å²) in [5.74, 6) is 0.278. The molecule has 0 spiro atoms. The van der Waals surface area contributed by atoms with Crippen LogP contribution in [0.5, 0.6) is 0 Å². The van der Waals surface area contributed by atoms with Crippen molar-refractivity contribution in [2.24, 2.45) is 5.92 Å². The number of hydrogen-bond acceptors (Lipinski definition) is 2. The molecule has 2 heteroatoms. The van der Waals surface area contributed by atoms with Crippen molar-refractivity contribution < 1.29 is 0 Å². The van der Waals surface area contributed by atoms with Gasteiger partial charge in [0, 0.05) is 19.2 Å². The molecule has 0 fully saturated rings. The van der Waals surface area contributed by atoms with E-state index in [0.29, 0.717) is 6.04 Å². The lowest BCUT2D eigenvalue weighted by Gasteiger charge is -2.24. The van der Waals surface area contributed by atoms with E-state index in [1.807, 2.05) is 13.2 Å². The van der Waals surface area contributed by atoms with Crippen molar-refractivity contribution in [1.29, 1.82) is 5.26 Å². The van der Waals surface area contributed by atoms with E-state index in [-0.39, 0.29) is 5.92 Å². The van der Waals surface area contributed by atoms with Crippen molar-refractivity contribution in [3.8, 4) is 6.07 Å². The van der Waals surface area contributed by atoms with Gasteiger partial charge in [-0.05, 0) is 6.92 Å². The minimum absolute atomic E-state index is 0.278. The molecule has 2 nitrogen and oxygen atoms in total. The molecule has 2 aliphatic rings. The van der Waals surface area contributed by atoms with E-state index < -0.39 is 0 Å². The molecule has 2 rings (SSSR count). The van der Waals surface area contributed by atoms with Gasteiger partial charge in [-0.25, -0.2) is 0 Å². The fourth-order valence-electron chi connectivity index (χ4n) is 1.97. The van der Waals surface area contributed by atoms with E-state index in [9.17, 15) is 0 Å². The molecule has 1 aliphatic carbocycles. The van der Waals surface area contributed by atoms with Crippen molar-refractivity contribution in [1.82, 2.24) is 4.90 Å². The summed E-state index contributed by atoms with van der Waals surface area (Å²) in [5.41, 5.74) is 2.12. The maximum Gasteiger partial charge on any atom is 0.0969 e. The molecule has 0 radical (unpaired) electrons. The van der Waals surface area contributed by atoms with Crippen LogP contribution in [-0.4, -0.2) is 18.0 Å². The molecule has 13 heavy (non-hydrogen) atoms. The minimum atomic E-state index is 0.278. The molecule has 0 N–H and O–H groups in total. The number of allylic oxidation sites excluding steroid dienone is 2. The maximum absolute atomic E-state index is 8.91. The van der Waals surface area contributed by atoms with Crippen LogP contribution in [0.2, 0.25) is 0 Å². The average molecular weight is 172 g/mol. The number of nitrogens with zero attached hydrogens (tertiary/aromatic N) is 2. The first-order valence-corrected chi connectivity index (χ1v) is 4.43. The zero-order valence-electron chi connectivity index (χ0n) is 7.86. The number of rotatable bonds is 0. The van der Waals surface area contributed by atoms with Crippen molar-refractivity contribution in [3.63, 3.8) is 0 Å². The maximum atomic E-state index is 8.91. The molecule has 2 atom stereocenters. The van der Waals surface area contributed by atoms with Gasteiger partial charge in [0.25, 0.3) is 0 Å². The van der Waals surface area contributed by atoms with Crippen LogP contribution in [0, 0.1) is 17.2 Å². The minimum Gasteiger partial charge on any atom is -0.372 e. The van der Waals surface area contributed by atoms with Crippen molar-refractivity contribution in [2.45, 2.75) is 13.0 Å². The molecular weight excluding hydrogens is 160 g/mol. The van der Waals surface area contributed by atoms with Crippen molar-refractivity contribution in [3.05, 3.63) is 35.6 Å². The predicted molar refractivity (Wildman–Crippen MR) is 51.6 cm³/mol. The van der Waals surface area contributed by atoms with E-state index in [4.69, 9.17) is 5.26 Å². The van der Waals surface area contributed by atoms with Gasteiger partial charge >= 0.3 is 0 Å². The van der Waals surface area contributed by atoms with E-state index >= 15 is 0 Å². The Labute approximate surface area is 78.5 Å². The second-order valence-electron chi connectivity index (χ2n) is 3.65. The van der Waals surface area contributed by atoms with Gasteiger partial charge < -0.3 is 4.90 Å². The van der Waals surface area contributed by atoms with Crippen molar-refractivity contribution >= 4 is 0 Å². The standard InChI is InChI=1S/C11H12N2/c1-8-3-4-11-10(5-8)9(6-12)7-13(11)2/h3-5,7,10-11H,1-2H3. The Morgan fingerprint density at radius 2 is 2.31 bits per heavy atom. The van der Waals surface area contributed by atoms with Crippen LogP contribution in [0.25, 0.3) is 0 Å². The second kappa shape index (κ2) is 2.77. The third-order valence-electron chi connectivity index (χ3n) is 2.67. The van der Waals surface area contributed by atoms with Gasteiger partial charge in [-0.2, -0.15) is 5.26 Å². The predicted octanol–water partition coefficient (Wildman–Crippen LogP) is 1.84. The molecule has 1 aliphatic heterocycles. The molecule has 0 saturated carbocycles. The summed E-state index contributed by atoms with van der Waals surface area (Å²) < 4.78 is 0. The Morgan fingerprint density at radius 1 is 1.54 bits per heavy atom. The van der Waals surface area contributed by atoms with Gasteiger partial charge in [0.05, 0.1) is 17.7 Å². The summed E-state index contributed by atoms with van der Waals surface area (Å²) in [6, 6.07) is 2.61. The van der Waals surface area contributed by atoms with Crippen LogP contribution in [0.15, 0.2) is 35.6 Å². The zero-order chi connectivity index (χ0) is 9.42. The zero-order valence-corrected chi connectivity index (χ0v) is 7.86. The van der Waals surface area contributed by atoms with Gasteiger partial charge in [-0.3, -0.25) is 0 Å². The Hall–Kier alpha value is -1.49. The summed E-state index contributed by atoms with van der Waals surface area (Å²) in [4.78, 5) is 2.10. The van der Waals surface area contributed by atoms with Gasteiger partial charge in [0.2, 0.25) is 0 Å². The highest BCUT2D eigenvalue weighted by Crippen LogP contribution is 2.32. The van der Waals surface area contributed by atoms with Crippen molar-refractivity contribution in [2.75, 3.05) is 7.05 Å². The van der Waals surface area contributed by atoms with Crippen LogP contribution in [0.4, 0.5) is 0 Å². The van der Waals surface area contributed by atoms with Gasteiger partial charge in [-0.15, -0.1) is 0 Å². The van der Waals surface area contributed by atoms with E-state index in [2.05, 4.69) is 36.1 Å². The largest absolute Gasteiger partial charge is 0.372 e. The Morgan fingerprint density at radius 3 is 3.00 bits per heavy atom. The molecule has 0 aromatic heterocycles. The molecule has 0 bridgehead atoms. The third kappa shape index (κ3) is 1.17. The lowest BCUT2D eigenvalue weighted by molar-refractivity contribution is 0.378. The number of fused-ring (bicyclic) bond motifs is 1. The van der Waals surface area contributed by atoms with Crippen LogP contribution in [-0.2, 0) is 0 Å². The molecule has 0 aromatic rings. The second-order valence-corrected chi connectivity index (χ2v) is 3.65. The quantitative estimate of drug-likeness (QED) is 0.557. The molecule has 2 unspecified atom stereocenters. The number of hydrogen-bond donors (Lipinski definition) is 0. The normalized spacial score (nSPS) is 30.7. The molecule has 0 aromatic carbocycles. The topological polar surface area (TPSA) is 27.0 Å². The first kappa shape index (κ1) is 8.12.